The maximum absolute atomic E-state index is 6.33. The van der Waals surface area contributed by atoms with E-state index >= 15 is 0 Å². The molecule has 0 bridgehead atoms. The first-order valence-corrected chi connectivity index (χ1v) is 6.93. The molecule has 2 N–H and O–H groups in total. The van der Waals surface area contributed by atoms with Crippen LogP contribution in [0.25, 0.3) is 10.8 Å². The Labute approximate surface area is 115 Å². The van der Waals surface area contributed by atoms with Gasteiger partial charge in [0.15, 0.2) is 0 Å². The van der Waals surface area contributed by atoms with Crippen molar-refractivity contribution in [2.75, 3.05) is 13.7 Å². The number of methoxy groups -OCH3 is 1. The number of hydrogen-bond donors (Lipinski definition) is 1. The summed E-state index contributed by atoms with van der Waals surface area (Å²) >= 11 is 0. The summed E-state index contributed by atoms with van der Waals surface area (Å²) in [4.78, 5) is 0. The minimum Gasteiger partial charge on any atom is -0.385 e. The summed E-state index contributed by atoms with van der Waals surface area (Å²) in [6, 6.07) is 15.1. The zero-order chi connectivity index (χ0) is 13.7. The van der Waals surface area contributed by atoms with Crippen molar-refractivity contribution >= 4 is 10.8 Å². The highest BCUT2D eigenvalue weighted by molar-refractivity contribution is 5.85. The Kier molecular flexibility index (Phi) is 4.94. The van der Waals surface area contributed by atoms with Crippen molar-refractivity contribution in [1.29, 1.82) is 0 Å². The molecule has 2 unspecified atom stereocenters. The van der Waals surface area contributed by atoms with Gasteiger partial charge in [0.2, 0.25) is 0 Å². The average Bonchev–Trinajstić information content (AvgIpc) is 2.45. The first-order chi connectivity index (χ1) is 9.22. The maximum Gasteiger partial charge on any atom is 0.0465 e. The minimum absolute atomic E-state index is 0.181. The van der Waals surface area contributed by atoms with E-state index in [1.54, 1.807) is 7.11 Å². The number of fused-ring (bicyclic) bond motifs is 1. The molecule has 0 spiro atoms. The van der Waals surface area contributed by atoms with Gasteiger partial charge in [0.05, 0.1) is 0 Å². The quantitative estimate of drug-likeness (QED) is 0.861. The fourth-order valence-electron chi connectivity index (χ4n) is 2.44. The van der Waals surface area contributed by atoms with E-state index in [-0.39, 0.29) is 6.04 Å². The van der Waals surface area contributed by atoms with Gasteiger partial charge in [-0.15, -0.1) is 0 Å². The van der Waals surface area contributed by atoms with Crippen LogP contribution in [-0.2, 0) is 11.2 Å². The SMILES string of the molecule is COCCC(C)C(N)Cc1cccc2ccccc12. The summed E-state index contributed by atoms with van der Waals surface area (Å²) in [5, 5.41) is 2.61. The Morgan fingerprint density at radius 1 is 1.11 bits per heavy atom. The molecule has 0 aliphatic rings. The predicted molar refractivity (Wildman–Crippen MR) is 81.3 cm³/mol. The van der Waals surface area contributed by atoms with Crippen molar-refractivity contribution in [1.82, 2.24) is 0 Å². The Morgan fingerprint density at radius 3 is 2.63 bits per heavy atom. The van der Waals surface area contributed by atoms with E-state index in [0.29, 0.717) is 5.92 Å². The molecular formula is C17H23NO. The second-order valence-electron chi connectivity index (χ2n) is 5.27. The summed E-state index contributed by atoms with van der Waals surface area (Å²) in [6.45, 7) is 2.99. The Hall–Kier alpha value is -1.38. The zero-order valence-electron chi connectivity index (χ0n) is 11.8. The maximum atomic E-state index is 6.33. The first kappa shape index (κ1) is 14.0. The van der Waals surface area contributed by atoms with Crippen molar-refractivity contribution in [2.45, 2.75) is 25.8 Å². The fraction of sp³-hybridized carbons (Fsp3) is 0.412. The predicted octanol–water partition coefficient (Wildman–Crippen LogP) is 3.38. The molecule has 2 rings (SSSR count). The molecule has 0 radical (unpaired) electrons. The number of rotatable bonds is 6. The molecule has 0 amide bonds. The van der Waals surface area contributed by atoms with Crippen LogP contribution in [0.4, 0.5) is 0 Å². The fourth-order valence-corrected chi connectivity index (χ4v) is 2.44. The van der Waals surface area contributed by atoms with Gasteiger partial charge in [-0.2, -0.15) is 0 Å². The molecule has 102 valence electrons. The summed E-state index contributed by atoms with van der Waals surface area (Å²) < 4.78 is 5.13. The van der Waals surface area contributed by atoms with Crippen LogP contribution in [0, 0.1) is 5.92 Å². The van der Waals surface area contributed by atoms with Gasteiger partial charge in [0.25, 0.3) is 0 Å². The highest BCUT2D eigenvalue weighted by Gasteiger charge is 2.14. The van der Waals surface area contributed by atoms with Gasteiger partial charge < -0.3 is 10.5 Å². The molecule has 0 aliphatic heterocycles. The van der Waals surface area contributed by atoms with Crippen molar-refractivity contribution in [3.63, 3.8) is 0 Å². The second-order valence-corrected chi connectivity index (χ2v) is 5.27. The summed E-state index contributed by atoms with van der Waals surface area (Å²) in [5.74, 6) is 0.471. The lowest BCUT2D eigenvalue weighted by Gasteiger charge is -2.20. The Morgan fingerprint density at radius 2 is 1.84 bits per heavy atom. The van der Waals surface area contributed by atoms with Crippen LogP contribution in [0.1, 0.15) is 18.9 Å². The lowest BCUT2D eigenvalue weighted by Crippen LogP contribution is -2.31. The topological polar surface area (TPSA) is 35.2 Å². The van der Waals surface area contributed by atoms with Crippen molar-refractivity contribution in [3.05, 3.63) is 48.0 Å². The number of nitrogens with two attached hydrogens (primary N) is 1. The molecule has 0 saturated carbocycles. The van der Waals surface area contributed by atoms with Crippen molar-refractivity contribution < 1.29 is 4.74 Å². The van der Waals surface area contributed by atoms with Crippen LogP contribution in [0.2, 0.25) is 0 Å². The highest BCUT2D eigenvalue weighted by atomic mass is 16.5. The lowest BCUT2D eigenvalue weighted by molar-refractivity contribution is 0.174. The number of benzene rings is 2. The van der Waals surface area contributed by atoms with Gasteiger partial charge >= 0.3 is 0 Å². The van der Waals surface area contributed by atoms with E-state index in [0.717, 1.165) is 19.4 Å². The van der Waals surface area contributed by atoms with E-state index in [4.69, 9.17) is 10.5 Å². The number of ether oxygens (including phenoxy) is 1. The van der Waals surface area contributed by atoms with Crippen molar-refractivity contribution in [3.8, 4) is 0 Å². The molecule has 0 aliphatic carbocycles. The third-order valence-electron chi connectivity index (χ3n) is 3.84. The molecule has 2 heteroatoms. The summed E-state index contributed by atoms with van der Waals surface area (Å²) in [5.41, 5.74) is 7.67. The smallest absolute Gasteiger partial charge is 0.0465 e. The molecule has 0 saturated heterocycles. The van der Waals surface area contributed by atoms with Crippen LogP contribution in [-0.4, -0.2) is 19.8 Å². The minimum atomic E-state index is 0.181. The van der Waals surface area contributed by atoms with Gasteiger partial charge in [0, 0.05) is 19.8 Å². The Bertz CT molecular complexity index is 518. The van der Waals surface area contributed by atoms with Crippen LogP contribution in [0.5, 0.6) is 0 Å². The van der Waals surface area contributed by atoms with Gasteiger partial charge in [0.1, 0.15) is 0 Å². The molecule has 19 heavy (non-hydrogen) atoms. The van der Waals surface area contributed by atoms with E-state index in [1.807, 2.05) is 0 Å². The van der Waals surface area contributed by atoms with Gasteiger partial charge in [-0.3, -0.25) is 0 Å². The second kappa shape index (κ2) is 6.69. The van der Waals surface area contributed by atoms with E-state index in [2.05, 4.69) is 49.4 Å². The normalized spacial score (nSPS) is 14.5. The molecule has 0 fully saturated rings. The summed E-state index contributed by atoms with van der Waals surface area (Å²) in [7, 11) is 1.74. The lowest BCUT2D eigenvalue weighted by atomic mass is 9.91. The third-order valence-corrected chi connectivity index (χ3v) is 3.84. The first-order valence-electron chi connectivity index (χ1n) is 6.93. The van der Waals surface area contributed by atoms with Crippen LogP contribution in [0.3, 0.4) is 0 Å². The summed E-state index contributed by atoms with van der Waals surface area (Å²) in [6.07, 6.45) is 1.94. The third kappa shape index (κ3) is 3.55. The van der Waals surface area contributed by atoms with E-state index in [9.17, 15) is 0 Å². The molecule has 0 heterocycles. The van der Waals surface area contributed by atoms with Gasteiger partial charge in [-0.1, -0.05) is 49.4 Å². The standard InChI is InChI=1S/C17H23NO/c1-13(10-11-19-2)17(18)12-15-8-5-7-14-6-3-4-9-16(14)15/h3-9,13,17H,10-12,18H2,1-2H3. The zero-order valence-corrected chi connectivity index (χ0v) is 11.8. The van der Waals surface area contributed by atoms with Crippen molar-refractivity contribution in [2.24, 2.45) is 11.7 Å². The van der Waals surface area contributed by atoms with Crippen LogP contribution < -0.4 is 5.73 Å². The largest absolute Gasteiger partial charge is 0.385 e. The van der Waals surface area contributed by atoms with Crippen LogP contribution in [0.15, 0.2) is 42.5 Å². The van der Waals surface area contributed by atoms with E-state index < -0.39 is 0 Å². The van der Waals surface area contributed by atoms with Gasteiger partial charge in [-0.25, -0.2) is 0 Å². The molecule has 2 atom stereocenters. The Balaban J connectivity index is 2.12. The van der Waals surface area contributed by atoms with Crippen LogP contribution >= 0.6 is 0 Å². The van der Waals surface area contributed by atoms with Gasteiger partial charge in [-0.05, 0) is 35.1 Å². The molecular weight excluding hydrogens is 234 g/mol. The molecule has 2 aromatic rings. The molecule has 2 aromatic carbocycles. The number of hydrogen-bond acceptors (Lipinski definition) is 2. The van der Waals surface area contributed by atoms with E-state index in [1.165, 1.54) is 16.3 Å². The molecule has 2 nitrogen and oxygen atoms in total. The highest BCUT2D eigenvalue weighted by Crippen LogP contribution is 2.21. The molecule has 0 aromatic heterocycles. The monoisotopic (exact) mass is 257 g/mol. The average molecular weight is 257 g/mol.